The van der Waals surface area contributed by atoms with Gasteiger partial charge in [-0.1, -0.05) is 24.3 Å². The maximum atomic E-state index is 12.4. The highest BCUT2D eigenvalue weighted by atomic mass is 32.1. The maximum absolute atomic E-state index is 12.4. The predicted octanol–water partition coefficient (Wildman–Crippen LogP) is 3.56. The first-order valence-corrected chi connectivity index (χ1v) is 8.64. The van der Waals surface area contributed by atoms with Gasteiger partial charge in [-0.05, 0) is 42.6 Å². The number of aromatic hydroxyl groups is 1. The Bertz CT molecular complexity index is 1300. The Morgan fingerprint density at radius 2 is 1.96 bits per heavy atom. The van der Waals surface area contributed by atoms with E-state index < -0.39 is 11.5 Å². The summed E-state index contributed by atoms with van der Waals surface area (Å²) in [6, 6.07) is 13.3. The Labute approximate surface area is 163 Å². The summed E-state index contributed by atoms with van der Waals surface area (Å²) >= 11 is 5.18. The Morgan fingerprint density at radius 1 is 1.18 bits per heavy atom. The molecule has 8 heteroatoms. The third-order valence-electron chi connectivity index (χ3n) is 4.33. The standard InChI is InChI=1S/C20H13N3O4S/c24-17-15(9-12-10-21-16-7-2-1-6-14(12)16)18(25)23(20(28)22-17)13-5-3-4-11(8-13)19(26)27/h1-10,25H,(H,26,27)(H,22,24,28)/b12-9+. The molecule has 0 bridgehead atoms. The van der Waals surface area contributed by atoms with Crippen LogP contribution in [0, 0.1) is 4.77 Å². The smallest absolute Gasteiger partial charge is 0.335 e. The van der Waals surface area contributed by atoms with Gasteiger partial charge in [0.05, 0.1) is 16.9 Å². The van der Waals surface area contributed by atoms with Crippen molar-refractivity contribution in [3.8, 4) is 11.6 Å². The van der Waals surface area contributed by atoms with Crippen molar-refractivity contribution in [3.05, 3.63) is 80.3 Å². The number of aliphatic imine (C=N–C) groups is 1. The molecule has 1 aliphatic rings. The molecule has 4 rings (SSSR count). The van der Waals surface area contributed by atoms with E-state index in [9.17, 15) is 19.8 Å². The number of para-hydroxylation sites is 1. The fourth-order valence-corrected chi connectivity index (χ4v) is 3.28. The van der Waals surface area contributed by atoms with Gasteiger partial charge in [0.15, 0.2) is 4.77 Å². The van der Waals surface area contributed by atoms with Crippen LogP contribution in [0.25, 0.3) is 17.3 Å². The van der Waals surface area contributed by atoms with Crippen molar-refractivity contribution in [3.63, 3.8) is 0 Å². The number of carboxylic acid groups (broad SMARTS) is 1. The molecule has 1 aliphatic heterocycles. The molecule has 0 radical (unpaired) electrons. The Morgan fingerprint density at radius 3 is 2.75 bits per heavy atom. The minimum absolute atomic E-state index is 0.00696. The van der Waals surface area contributed by atoms with Crippen molar-refractivity contribution >= 4 is 41.7 Å². The molecule has 0 spiro atoms. The number of carboxylic acids is 1. The molecule has 0 fully saturated rings. The number of H-pyrrole nitrogens is 1. The van der Waals surface area contributed by atoms with Crippen LogP contribution in [0.5, 0.6) is 5.88 Å². The van der Waals surface area contributed by atoms with Crippen LogP contribution in [-0.4, -0.2) is 31.9 Å². The van der Waals surface area contributed by atoms with Crippen LogP contribution >= 0.6 is 12.2 Å². The van der Waals surface area contributed by atoms with Gasteiger partial charge in [0.1, 0.15) is 5.56 Å². The largest absolute Gasteiger partial charge is 0.494 e. The molecule has 3 N–H and O–H groups in total. The van der Waals surface area contributed by atoms with Crippen molar-refractivity contribution in [2.75, 3.05) is 0 Å². The summed E-state index contributed by atoms with van der Waals surface area (Å²) in [5, 5.41) is 20.0. The van der Waals surface area contributed by atoms with Gasteiger partial charge >= 0.3 is 5.97 Å². The van der Waals surface area contributed by atoms with E-state index in [-0.39, 0.29) is 21.8 Å². The molecule has 7 nitrogen and oxygen atoms in total. The van der Waals surface area contributed by atoms with Crippen molar-refractivity contribution in [2.24, 2.45) is 4.99 Å². The highest BCUT2D eigenvalue weighted by Gasteiger charge is 2.17. The number of aromatic nitrogens is 2. The number of rotatable bonds is 3. The molecular weight excluding hydrogens is 378 g/mol. The summed E-state index contributed by atoms with van der Waals surface area (Å²) in [4.78, 5) is 30.5. The third-order valence-corrected chi connectivity index (χ3v) is 4.61. The van der Waals surface area contributed by atoms with Gasteiger partial charge in [-0.15, -0.1) is 0 Å². The number of carbonyl (C=O) groups is 1. The molecule has 0 saturated heterocycles. The Hall–Kier alpha value is -3.78. The minimum Gasteiger partial charge on any atom is -0.494 e. The molecule has 138 valence electrons. The number of nitrogens with zero attached hydrogens (tertiary/aromatic N) is 2. The van der Waals surface area contributed by atoms with Crippen LogP contribution in [-0.2, 0) is 0 Å². The first-order valence-electron chi connectivity index (χ1n) is 8.23. The molecule has 0 saturated carbocycles. The van der Waals surface area contributed by atoms with E-state index in [1.807, 2.05) is 24.3 Å². The molecule has 0 unspecified atom stereocenters. The molecule has 0 aliphatic carbocycles. The second-order valence-corrected chi connectivity index (χ2v) is 6.45. The lowest BCUT2D eigenvalue weighted by Crippen LogP contribution is -2.16. The van der Waals surface area contributed by atoms with Crippen molar-refractivity contribution in [1.82, 2.24) is 9.55 Å². The predicted molar refractivity (Wildman–Crippen MR) is 108 cm³/mol. The van der Waals surface area contributed by atoms with Gasteiger partial charge in [-0.25, -0.2) is 4.79 Å². The first-order chi connectivity index (χ1) is 13.5. The molecule has 3 aromatic rings. The van der Waals surface area contributed by atoms with Gasteiger partial charge < -0.3 is 10.2 Å². The lowest BCUT2D eigenvalue weighted by atomic mass is 10.1. The molecule has 2 heterocycles. The zero-order valence-corrected chi connectivity index (χ0v) is 15.1. The third kappa shape index (κ3) is 2.95. The van der Waals surface area contributed by atoms with Crippen LogP contribution in [0.4, 0.5) is 5.69 Å². The zero-order valence-electron chi connectivity index (χ0n) is 14.3. The van der Waals surface area contributed by atoms with Gasteiger partial charge in [0.2, 0.25) is 5.88 Å². The summed E-state index contributed by atoms with van der Waals surface area (Å²) in [5.74, 6) is -1.50. The highest BCUT2D eigenvalue weighted by Crippen LogP contribution is 2.33. The highest BCUT2D eigenvalue weighted by molar-refractivity contribution is 7.71. The number of hydrogen-bond acceptors (Lipinski definition) is 5. The Balaban J connectivity index is 1.91. The summed E-state index contributed by atoms with van der Waals surface area (Å²) in [6.07, 6.45) is 3.14. The quantitative estimate of drug-likeness (QED) is 0.592. The van der Waals surface area contributed by atoms with E-state index in [0.717, 1.165) is 11.3 Å². The number of hydrogen-bond donors (Lipinski definition) is 3. The molecule has 0 amide bonds. The second kappa shape index (κ2) is 6.75. The molecule has 28 heavy (non-hydrogen) atoms. The van der Waals surface area contributed by atoms with Crippen molar-refractivity contribution in [1.29, 1.82) is 0 Å². The molecule has 1 aromatic heterocycles. The van der Waals surface area contributed by atoms with E-state index in [4.69, 9.17) is 12.2 Å². The van der Waals surface area contributed by atoms with E-state index in [1.165, 1.54) is 28.8 Å². The van der Waals surface area contributed by atoms with Gasteiger partial charge in [-0.3, -0.25) is 19.3 Å². The van der Waals surface area contributed by atoms with Crippen LogP contribution in [0.2, 0.25) is 0 Å². The lowest BCUT2D eigenvalue weighted by molar-refractivity contribution is 0.0697. The monoisotopic (exact) mass is 391 g/mol. The fourth-order valence-electron chi connectivity index (χ4n) is 3.00. The summed E-state index contributed by atoms with van der Waals surface area (Å²) < 4.78 is 1.17. The van der Waals surface area contributed by atoms with Gasteiger partial charge in [0, 0.05) is 17.4 Å². The van der Waals surface area contributed by atoms with Crippen LogP contribution in [0.15, 0.2) is 58.3 Å². The minimum atomic E-state index is -1.11. The number of aromatic carboxylic acids is 1. The van der Waals surface area contributed by atoms with Gasteiger partial charge in [0.25, 0.3) is 5.56 Å². The average Bonchev–Trinajstić information content (AvgIpc) is 3.08. The van der Waals surface area contributed by atoms with E-state index >= 15 is 0 Å². The lowest BCUT2D eigenvalue weighted by Gasteiger charge is -2.12. The number of fused-ring (bicyclic) bond motifs is 1. The van der Waals surface area contributed by atoms with Crippen LogP contribution < -0.4 is 5.56 Å². The number of nitrogens with one attached hydrogen (secondary N) is 1. The topological polar surface area (TPSA) is 108 Å². The van der Waals surface area contributed by atoms with Gasteiger partial charge in [-0.2, -0.15) is 0 Å². The summed E-state index contributed by atoms with van der Waals surface area (Å²) in [7, 11) is 0. The normalized spacial score (nSPS) is 13.6. The molecular formula is C20H13N3O4S. The van der Waals surface area contributed by atoms with Crippen LogP contribution in [0.1, 0.15) is 21.5 Å². The maximum Gasteiger partial charge on any atom is 0.335 e. The van der Waals surface area contributed by atoms with E-state index in [0.29, 0.717) is 11.3 Å². The average molecular weight is 391 g/mol. The molecule has 2 aromatic carbocycles. The molecule has 0 atom stereocenters. The van der Waals surface area contributed by atoms with Crippen LogP contribution in [0.3, 0.4) is 0 Å². The summed E-state index contributed by atoms with van der Waals surface area (Å²) in [6.45, 7) is 0. The number of allylic oxidation sites excluding steroid dienone is 1. The van der Waals surface area contributed by atoms with E-state index in [2.05, 4.69) is 9.98 Å². The van der Waals surface area contributed by atoms with Crippen molar-refractivity contribution in [2.45, 2.75) is 0 Å². The summed E-state index contributed by atoms with van der Waals surface area (Å²) in [5.41, 5.74) is 2.06. The fraction of sp³-hybridized carbons (Fsp3) is 0. The first kappa shape index (κ1) is 17.6. The number of benzene rings is 2. The second-order valence-electron chi connectivity index (χ2n) is 6.06. The van der Waals surface area contributed by atoms with Crippen molar-refractivity contribution < 1.29 is 15.0 Å². The Kier molecular flexibility index (Phi) is 4.25. The number of aromatic amines is 1. The zero-order chi connectivity index (χ0) is 19.8. The van der Waals surface area contributed by atoms with E-state index in [1.54, 1.807) is 12.3 Å². The SMILES string of the molecule is O=C(O)c1cccc(-n2c(O)c(/C=C3\C=Nc4ccccc43)c(=O)[nH]c2=S)c1.